The Bertz CT molecular complexity index is 1290. The molecule has 0 saturated carbocycles. The molecule has 30 heavy (non-hydrogen) atoms. The summed E-state index contributed by atoms with van der Waals surface area (Å²) in [6.07, 6.45) is 0. The monoisotopic (exact) mass is 449 g/mol. The van der Waals surface area contributed by atoms with Crippen molar-refractivity contribution in [3.05, 3.63) is 126 Å². The molecule has 0 aromatic heterocycles. The van der Waals surface area contributed by atoms with Gasteiger partial charge in [-0.2, -0.15) is 0 Å². The van der Waals surface area contributed by atoms with Crippen LogP contribution in [-0.4, -0.2) is 0 Å². The van der Waals surface area contributed by atoms with Crippen molar-refractivity contribution in [1.29, 1.82) is 0 Å². The zero-order valence-corrected chi connectivity index (χ0v) is 18.0. The van der Waals surface area contributed by atoms with E-state index in [0.29, 0.717) is 0 Å². The first-order valence-electron chi connectivity index (χ1n) is 9.98. The molecule has 0 atom stereocenters. The van der Waals surface area contributed by atoms with E-state index in [9.17, 15) is 0 Å². The summed E-state index contributed by atoms with van der Waals surface area (Å²) < 4.78 is 1.06. The molecule has 0 aliphatic rings. The van der Waals surface area contributed by atoms with Gasteiger partial charge in [0.2, 0.25) is 0 Å². The van der Waals surface area contributed by atoms with Gasteiger partial charge in [-0.05, 0) is 80.3 Å². The molecule has 0 N–H and O–H groups in total. The maximum absolute atomic E-state index is 3.72. The van der Waals surface area contributed by atoms with E-state index >= 15 is 0 Å². The minimum Gasteiger partial charge on any atom is -0.309 e. The van der Waals surface area contributed by atoms with Gasteiger partial charge < -0.3 is 4.90 Å². The van der Waals surface area contributed by atoms with Gasteiger partial charge >= 0.3 is 0 Å². The van der Waals surface area contributed by atoms with Crippen LogP contribution in [0.1, 0.15) is 0 Å². The third-order valence-corrected chi connectivity index (χ3v) is 5.99. The van der Waals surface area contributed by atoms with Crippen molar-refractivity contribution in [1.82, 2.24) is 0 Å². The van der Waals surface area contributed by atoms with Crippen LogP contribution in [0.2, 0.25) is 0 Å². The van der Waals surface area contributed by atoms with Crippen LogP contribution in [0.5, 0.6) is 0 Å². The van der Waals surface area contributed by atoms with Crippen molar-refractivity contribution >= 4 is 43.8 Å². The molecule has 5 aromatic carbocycles. The summed E-state index contributed by atoms with van der Waals surface area (Å²) in [6, 6.07) is 42.7. The van der Waals surface area contributed by atoms with Gasteiger partial charge in [0.1, 0.15) is 0 Å². The molecule has 0 unspecified atom stereocenters. The molecule has 0 amide bonds. The fraction of sp³-hybridized carbons (Fsp3) is 0. The van der Waals surface area contributed by atoms with Crippen LogP contribution in [0.15, 0.2) is 126 Å². The van der Waals surface area contributed by atoms with Crippen LogP contribution in [0, 0.1) is 0 Å². The number of nitrogens with zero attached hydrogens (tertiary/aromatic N) is 1. The van der Waals surface area contributed by atoms with Crippen LogP contribution in [0.3, 0.4) is 0 Å². The average molecular weight is 450 g/mol. The van der Waals surface area contributed by atoms with Gasteiger partial charge in [-0.1, -0.05) is 78.9 Å². The van der Waals surface area contributed by atoms with Crippen molar-refractivity contribution in [3.63, 3.8) is 0 Å². The van der Waals surface area contributed by atoms with Gasteiger partial charge in [-0.3, -0.25) is 0 Å². The van der Waals surface area contributed by atoms with Crippen LogP contribution < -0.4 is 4.90 Å². The van der Waals surface area contributed by atoms with Gasteiger partial charge in [-0.25, -0.2) is 0 Å². The summed E-state index contributed by atoms with van der Waals surface area (Å²) in [4.78, 5) is 2.27. The molecule has 0 radical (unpaired) electrons. The lowest BCUT2D eigenvalue weighted by atomic mass is 10.0. The first kappa shape index (κ1) is 18.7. The smallest absolute Gasteiger partial charge is 0.0603 e. The van der Waals surface area contributed by atoms with E-state index in [-0.39, 0.29) is 0 Å². The second-order valence-corrected chi connectivity index (χ2v) is 8.09. The van der Waals surface area contributed by atoms with Gasteiger partial charge in [-0.15, -0.1) is 0 Å². The predicted molar refractivity (Wildman–Crippen MR) is 132 cm³/mol. The Hall–Kier alpha value is -3.36. The molecule has 144 valence electrons. The molecule has 0 heterocycles. The molecule has 0 aliphatic heterocycles. The highest BCUT2D eigenvalue weighted by Crippen LogP contribution is 2.39. The number of anilines is 3. The number of hydrogen-bond acceptors (Lipinski definition) is 1. The van der Waals surface area contributed by atoms with Gasteiger partial charge in [0.15, 0.2) is 0 Å². The Balaban J connectivity index is 1.56. The van der Waals surface area contributed by atoms with E-state index in [4.69, 9.17) is 0 Å². The first-order valence-corrected chi connectivity index (χ1v) is 10.8. The molecule has 0 fully saturated rings. The minimum absolute atomic E-state index is 1.06. The molecular formula is C28H20BrN. The summed E-state index contributed by atoms with van der Waals surface area (Å²) in [7, 11) is 0. The third-order valence-electron chi connectivity index (χ3n) is 5.32. The number of fused-ring (bicyclic) bond motifs is 1. The van der Waals surface area contributed by atoms with E-state index in [1.807, 2.05) is 12.1 Å². The van der Waals surface area contributed by atoms with Crippen molar-refractivity contribution in [3.8, 4) is 11.1 Å². The second kappa shape index (κ2) is 8.17. The van der Waals surface area contributed by atoms with Crippen molar-refractivity contribution in [2.75, 3.05) is 4.90 Å². The average Bonchev–Trinajstić information content (AvgIpc) is 2.81. The minimum atomic E-state index is 1.06. The number of benzene rings is 5. The van der Waals surface area contributed by atoms with Crippen LogP contribution >= 0.6 is 15.9 Å². The first-order chi connectivity index (χ1) is 14.8. The molecule has 0 aliphatic carbocycles. The summed E-state index contributed by atoms with van der Waals surface area (Å²) in [5.41, 5.74) is 5.81. The molecule has 0 bridgehead atoms. The van der Waals surface area contributed by atoms with E-state index < -0.39 is 0 Å². The Morgan fingerprint density at radius 2 is 1.07 bits per heavy atom. The second-order valence-electron chi connectivity index (χ2n) is 7.23. The molecule has 1 nitrogen and oxygen atoms in total. The van der Waals surface area contributed by atoms with Crippen molar-refractivity contribution in [2.45, 2.75) is 0 Å². The summed E-state index contributed by atoms with van der Waals surface area (Å²) >= 11 is 3.72. The predicted octanol–water partition coefficient (Wildman–Crippen LogP) is 8.74. The molecule has 5 aromatic rings. The molecule has 0 spiro atoms. The molecule has 5 rings (SSSR count). The van der Waals surface area contributed by atoms with Crippen LogP contribution in [-0.2, 0) is 0 Å². The Morgan fingerprint density at radius 1 is 0.467 bits per heavy atom. The van der Waals surface area contributed by atoms with Gasteiger partial charge in [0.25, 0.3) is 0 Å². The van der Waals surface area contributed by atoms with E-state index in [2.05, 4.69) is 130 Å². The van der Waals surface area contributed by atoms with Gasteiger partial charge in [0, 0.05) is 15.8 Å². The highest BCUT2D eigenvalue weighted by molar-refractivity contribution is 9.10. The third kappa shape index (κ3) is 3.62. The standard InChI is InChI=1S/C28H20BrN/c29-27-12-6-7-13-28(27)30(25-10-2-1-3-11-25)26-18-16-22(17-19-26)24-15-14-21-8-4-5-9-23(21)20-24/h1-20H. The number of para-hydroxylation sites is 2. The summed E-state index contributed by atoms with van der Waals surface area (Å²) in [5, 5.41) is 2.53. The van der Waals surface area contributed by atoms with Gasteiger partial charge in [0.05, 0.1) is 5.69 Å². The topological polar surface area (TPSA) is 3.24 Å². The number of hydrogen-bond donors (Lipinski definition) is 0. The lowest BCUT2D eigenvalue weighted by Gasteiger charge is -2.26. The fourth-order valence-corrected chi connectivity index (χ4v) is 4.27. The lowest BCUT2D eigenvalue weighted by Crippen LogP contribution is -2.10. The van der Waals surface area contributed by atoms with E-state index in [1.165, 1.54) is 21.9 Å². The Labute approximate surface area is 185 Å². The maximum Gasteiger partial charge on any atom is 0.0603 e. The summed E-state index contributed by atoms with van der Waals surface area (Å²) in [5.74, 6) is 0. The maximum atomic E-state index is 3.72. The lowest BCUT2D eigenvalue weighted by molar-refractivity contribution is 1.27. The number of halogens is 1. The SMILES string of the molecule is Brc1ccccc1N(c1ccccc1)c1ccc(-c2ccc3ccccc3c2)cc1. The molecule has 0 saturated heterocycles. The van der Waals surface area contributed by atoms with E-state index in [0.717, 1.165) is 21.5 Å². The van der Waals surface area contributed by atoms with E-state index in [1.54, 1.807) is 0 Å². The fourth-order valence-electron chi connectivity index (χ4n) is 3.81. The zero-order chi connectivity index (χ0) is 20.3. The molecular weight excluding hydrogens is 430 g/mol. The molecule has 2 heteroatoms. The summed E-state index contributed by atoms with van der Waals surface area (Å²) in [6.45, 7) is 0. The highest BCUT2D eigenvalue weighted by Gasteiger charge is 2.14. The highest BCUT2D eigenvalue weighted by atomic mass is 79.9. The Kier molecular flexibility index (Phi) is 5.08. The van der Waals surface area contributed by atoms with Crippen molar-refractivity contribution < 1.29 is 0 Å². The van der Waals surface area contributed by atoms with Crippen LogP contribution in [0.25, 0.3) is 21.9 Å². The van der Waals surface area contributed by atoms with Crippen LogP contribution in [0.4, 0.5) is 17.1 Å². The normalized spacial score (nSPS) is 10.8. The largest absolute Gasteiger partial charge is 0.309 e. The Morgan fingerprint density at radius 3 is 1.83 bits per heavy atom. The van der Waals surface area contributed by atoms with Crippen molar-refractivity contribution in [2.24, 2.45) is 0 Å². The quantitative estimate of drug-likeness (QED) is 0.265. The number of rotatable bonds is 4. The zero-order valence-electron chi connectivity index (χ0n) is 16.4.